The summed E-state index contributed by atoms with van der Waals surface area (Å²) < 4.78 is 43.5. The van der Waals surface area contributed by atoms with Crippen LogP contribution in [0.15, 0.2) is 24.3 Å². The van der Waals surface area contributed by atoms with Gasteiger partial charge >= 0.3 is 6.18 Å². The van der Waals surface area contributed by atoms with E-state index in [1.165, 1.54) is 12.1 Å². The number of likely N-dealkylation sites (tertiary alicyclic amines) is 1. The van der Waals surface area contributed by atoms with Crippen LogP contribution in [-0.2, 0) is 10.9 Å². The molecule has 1 fully saturated rings. The van der Waals surface area contributed by atoms with Gasteiger partial charge in [0, 0.05) is 31.8 Å². The van der Waals surface area contributed by atoms with Crippen LogP contribution in [0.4, 0.5) is 13.2 Å². The summed E-state index contributed by atoms with van der Waals surface area (Å²) in [6, 6.07) is 4.26. The molecule has 130 valence electrons. The van der Waals surface area contributed by atoms with Crippen LogP contribution in [0.3, 0.4) is 0 Å². The van der Waals surface area contributed by atoms with Crippen molar-refractivity contribution in [3.8, 4) is 0 Å². The quantitative estimate of drug-likeness (QED) is 0.910. The molecular weight excluding hydrogens is 333 g/mol. The van der Waals surface area contributed by atoms with Gasteiger partial charge in [0.25, 0.3) is 5.91 Å². The maximum Gasteiger partial charge on any atom is 0.416 e. The lowest BCUT2D eigenvalue weighted by molar-refractivity contribution is -0.137. The average Bonchev–Trinajstić information content (AvgIpc) is 2.52. The molecule has 0 radical (unpaired) electrons. The number of hydrogen-bond donors (Lipinski definition) is 1. The molecule has 0 aromatic heterocycles. The van der Waals surface area contributed by atoms with Crippen molar-refractivity contribution in [2.45, 2.75) is 31.2 Å². The molecule has 0 aliphatic carbocycles. The Balaban J connectivity index is 0.00000264. The lowest BCUT2D eigenvalue weighted by Gasteiger charge is -2.38. The molecule has 8 heteroatoms. The van der Waals surface area contributed by atoms with Crippen molar-refractivity contribution in [1.29, 1.82) is 0 Å². The summed E-state index contributed by atoms with van der Waals surface area (Å²) in [5.74, 6) is -0.420. The monoisotopic (exact) mass is 352 g/mol. The highest BCUT2D eigenvalue weighted by Gasteiger charge is 2.34. The number of ether oxygens (including phenoxy) is 1. The number of carbonyl (C=O) groups is 1. The van der Waals surface area contributed by atoms with E-state index in [2.05, 4.69) is 0 Å². The first-order valence-electron chi connectivity index (χ1n) is 7.08. The van der Waals surface area contributed by atoms with E-state index in [0.29, 0.717) is 19.4 Å². The fourth-order valence-corrected chi connectivity index (χ4v) is 2.71. The Kier molecular flexibility index (Phi) is 6.85. The van der Waals surface area contributed by atoms with Crippen molar-refractivity contribution < 1.29 is 22.7 Å². The molecule has 1 saturated heterocycles. The summed E-state index contributed by atoms with van der Waals surface area (Å²) in [6.45, 7) is 0.681. The van der Waals surface area contributed by atoms with Crippen molar-refractivity contribution in [2.75, 3.05) is 20.2 Å². The number of rotatable bonds is 3. The Morgan fingerprint density at radius 2 is 2.13 bits per heavy atom. The predicted octanol–water partition coefficient (Wildman–Crippen LogP) is 2.71. The van der Waals surface area contributed by atoms with E-state index in [1.54, 1.807) is 12.0 Å². The number of methoxy groups -OCH3 is 1. The van der Waals surface area contributed by atoms with Gasteiger partial charge in [-0.2, -0.15) is 13.2 Å². The number of benzene rings is 1. The molecule has 2 N–H and O–H groups in total. The summed E-state index contributed by atoms with van der Waals surface area (Å²) in [4.78, 5) is 14.1. The van der Waals surface area contributed by atoms with Crippen LogP contribution in [-0.4, -0.2) is 43.2 Å². The molecule has 23 heavy (non-hydrogen) atoms. The molecule has 0 saturated carbocycles. The van der Waals surface area contributed by atoms with Gasteiger partial charge in [0.05, 0.1) is 11.7 Å². The Labute approximate surface area is 139 Å². The van der Waals surface area contributed by atoms with E-state index in [9.17, 15) is 18.0 Å². The molecule has 1 heterocycles. The second-order valence-corrected chi connectivity index (χ2v) is 5.35. The smallest absolute Gasteiger partial charge is 0.381 e. The van der Waals surface area contributed by atoms with Gasteiger partial charge in [0.1, 0.15) is 0 Å². The van der Waals surface area contributed by atoms with Crippen molar-refractivity contribution in [2.24, 2.45) is 5.73 Å². The van der Waals surface area contributed by atoms with Gasteiger partial charge < -0.3 is 15.4 Å². The second kappa shape index (κ2) is 7.99. The van der Waals surface area contributed by atoms with Crippen molar-refractivity contribution in [1.82, 2.24) is 4.90 Å². The molecule has 1 aromatic rings. The maximum atomic E-state index is 12.8. The summed E-state index contributed by atoms with van der Waals surface area (Å²) in [6.07, 6.45) is -3.19. The first kappa shape index (κ1) is 19.7. The van der Waals surface area contributed by atoms with Gasteiger partial charge in [0.2, 0.25) is 0 Å². The molecule has 2 rings (SSSR count). The normalized spacial score (nSPS) is 21.7. The van der Waals surface area contributed by atoms with Crippen LogP contribution in [0.2, 0.25) is 0 Å². The van der Waals surface area contributed by atoms with Crippen LogP contribution in [0, 0.1) is 0 Å². The van der Waals surface area contributed by atoms with Gasteiger partial charge in [-0.25, -0.2) is 0 Å². The first-order chi connectivity index (χ1) is 10.4. The number of alkyl halides is 3. The third-order valence-corrected chi connectivity index (χ3v) is 3.97. The molecule has 4 nitrogen and oxygen atoms in total. The van der Waals surface area contributed by atoms with E-state index >= 15 is 0 Å². The fraction of sp³-hybridized carbons (Fsp3) is 0.533. The number of amides is 1. The maximum absolute atomic E-state index is 12.8. The Morgan fingerprint density at radius 3 is 2.70 bits per heavy atom. The van der Waals surface area contributed by atoms with Gasteiger partial charge in [-0.15, -0.1) is 12.4 Å². The minimum Gasteiger partial charge on any atom is -0.381 e. The van der Waals surface area contributed by atoms with Gasteiger partial charge in [-0.05, 0) is 31.0 Å². The molecule has 0 bridgehead atoms. The van der Waals surface area contributed by atoms with Crippen LogP contribution < -0.4 is 5.73 Å². The number of piperidine rings is 1. The van der Waals surface area contributed by atoms with Crippen LogP contribution in [0.1, 0.15) is 28.8 Å². The zero-order valence-corrected chi connectivity index (χ0v) is 13.5. The SMILES string of the molecule is COC1CCN(C(=O)c2cccc(C(F)(F)F)c2)C(CN)C1.Cl. The summed E-state index contributed by atoms with van der Waals surface area (Å²) >= 11 is 0. The number of nitrogens with zero attached hydrogens (tertiary/aromatic N) is 1. The molecule has 1 aliphatic heterocycles. The van der Waals surface area contributed by atoms with Crippen molar-refractivity contribution in [3.05, 3.63) is 35.4 Å². The molecule has 1 aromatic carbocycles. The lowest BCUT2D eigenvalue weighted by Crippen LogP contribution is -2.51. The molecule has 0 spiro atoms. The molecule has 1 amide bonds. The van der Waals surface area contributed by atoms with Crippen LogP contribution >= 0.6 is 12.4 Å². The standard InChI is InChI=1S/C15H19F3N2O2.ClH/c1-22-13-5-6-20(12(8-13)9-19)14(21)10-3-2-4-11(7-10)15(16,17)18;/h2-4,7,12-13H,5-6,8-9,19H2,1H3;1H. The van der Waals surface area contributed by atoms with Crippen molar-refractivity contribution >= 4 is 18.3 Å². The van der Waals surface area contributed by atoms with E-state index in [1.807, 2.05) is 0 Å². The molecular formula is C15H20ClF3N2O2. The third kappa shape index (κ3) is 4.59. The van der Waals surface area contributed by atoms with Crippen molar-refractivity contribution in [3.63, 3.8) is 0 Å². The van der Waals surface area contributed by atoms with Gasteiger partial charge in [-0.3, -0.25) is 4.79 Å². The highest BCUT2D eigenvalue weighted by atomic mass is 35.5. The molecule has 2 unspecified atom stereocenters. The Hall–Kier alpha value is -1.31. The lowest BCUT2D eigenvalue weighted by atomic mass is 9.98. The Morgan fingerprint density at radius 1 is 1.43 bits per heavy atom. The topological polar surface area (TPSA) is 55.6 Å². The second-order valence-electron chi connectivity index (χ2n) is 5.35. The fourth-order valence-electron chi connectivity index (χ4n) is 2.71. The van der Waals surface area contributed by atoms with Crippen LogP contribution in [0.25, 0.3) is 0 Å². The highest BCUT2D eigenvalue weighted by molar-refractivity contribution is 5.94. The van der Waals surface area contributed by atoms with E-state index in [0.717, 1.165) is 12.1 Å². The minimum absolute atomic E-state index is 0. The summed E-state index contributed by atoms with van der Waals surface area (Å²) in [5, 5.41) is 0. The van der Waals surface area contributed by atoms with E-state index in [4.69, 9.17) is 10.5 Å². The Bertz CT molecular complexity index is 540. The zero-order chi connectivity index (χ0) is 16.3. The average molecular weight is 353 g/mol. The largest absolute Gasteiger partial charge is 0.416 e. The summed E-state index contributed by atoms with van der Waals surface area (Å²) in [7, 11) is 1.60. The molecule has 1 aliphatic rings. The zero-order valence-electron chi connectivity index (χ0n) is 12.7. The number of hydrogen-bond acceptors (Lipinski definition) is 3. The number of halogens is 4. The van der Waals surface area contributed by atoms with Gasteiger partial charge in [0.15, 0.2) is 0 Å². The predicted molar refractivity (Wildman–Crippen MR) is 82.6 cm³/mol. The number of nitrogens with two attached hydrogens (primary N) is 1. The first-order valence-corrected chi connectivity index (χ1v) is 7.08. The summed E-state index contributed by atoms with van der Waals surface area (Å²) in [5.41, 5.74) is 4.90. The highest BCUT2D eigenvalue weighted by Crippen LogP contribution is 2.30. The number of carbonyl (C=O) groups excluding carboxylic acids is 1. The molecule has 2 atom stereocenters. The third-order valence-electron chi connectivity index (χ3n) is 3.97. The van der Waals surface area contributed by atoms with E-state index in [-0.39, 0.29) is 36.7 Å². The van der Waals surface area contributed by atoms with E-state index < -0.39 is 17.6 Å². The van der Waals surface area contributed by atoms with Gasteiger partial charge in [-0.1, -0.05) is 6.07 Å². The van der Waals surface area contributed by atoms with Crippen LogP contribution in [0.5, 0.6) is 0 Å². The minimum atomic E-state index is -4.47.